The average molecular weight is 414 g/mol. The lowest BCUT2D eigenvalue weighted by Gasteiger charge is -2.43. The second kappa shape index (κ2) is 7.16. The number of amides is 2. The minimum Gasteiger partial charge on any atom is -0.322 e. The fraction of sp³-hybridized carbons (Fsp3) is 0.524. The number of carbonyl (C=O) groups excluding carboxylic acids is 2. The van der Waals surface area contributed by atoms with Gasteiger partial charge in [0.1, 0.15) is 11.4 Å². The van der Waals surface area contributed by atoms with E-state index in [4.69, 9.17) is 0 Å². The van der Waals surface area contributed by atoms with Crippen LogP contribution >= 0.6 is 11.8 Å². The van der Waals surface area contributed by atoms with Crippen LogP contribution in [0.1, 0.15) is 65.2 Å². The first-order valence-electron chi connectivity index (χ1n) is 10.1. The maximum Gasteiger partial charge on any atom is 0.250 e. The summed E-state index contributed by atoms with van der Waals surface area (Å²) in [6.07, 6.45) is 2.25. The molecule has 2 aromatic rings. The van der Waals surface area contributed by atoms with E-state index in [1.54, 1.807) is 18.7 Å². The predicted octanol–water partition coefficient (Wildman–Crippen LogP) is 3.98. The van der Waals surface area contributed by atoms with E-state index in [-0.39, 0.29) is 17.7 Å². The van der Waals surface area contributed by atoms with Crippen molar-refractivity contribution < 1.29 is 9.59 Å². The standard InChI is InChI=1S/C21H27N5O2S/c1-12(2)17-23-24-20(25(17)14-10-11-14)29-13(3)18(27)26-16-9-7-6-8-15(16)22-19(28)21(26,4)5/h6-9,12-14H,10-11H2,1-5H3,(H,22,28). The van der Waals surface area contributed by atoms with E-state index >= 15 is 0 Å². The van der Waals surface area contributed by atoms with Crippen LogP contribution in [0.25, 0.3) is 0 Å². The molecule has 1 aliphatic carbocycles. The van der Waals surface area contributed by atoms with E-state index in [2.05, 4.69) is 33.9 Å². The molecule has 29 heavy (non-hydrogen) atoms. The molecule has 0 radical (unpaired) electrons. The van der Waals surface area contributed by atoms with Crippen LogP contribution in [0.5, 0.6) is 0 Å². The van der Waals surface area contributed by atoms with Crippen LogP contribution in [0.3, 0.4) is 0 Å². The lowest BCUT2D eigenvalue weighted by Crippen LogP contribution is -2.60. The van der Waals surface area contributed by atoms with E-state index in [1.165, 1.54) is 11.8 Å². The van der Waals surface area contributed by atoms with Gasteiger partial charge in [-0.25, -0.2) is 0 Å². The van der Waals surface area contributed by atoms with Gasteiger partial charge < -0.3 is 9.88 Å². The first-order chi connectivity index (χ1) is 13.7. The fourth-order valence-electron chi connectivity index (χ4n) is 3.68. The predicted molar refractivity (Wildman–Crippen MR) is 114 cm³/mol. The fourth-order valence-corrected chi connectivity index (χ4v) is 4.64. The van der Waals surface area contributed by atoms with Gasteiger partial charge in [-0.2, -0.15) is 0 Å². The molecule has 1 aromatic heterocycles. The third kappa shape index (κ3) is 3.43. The van der Waals surface area contributed by atoms with E-state index < -0.39 is 10.8 Å². The summed E-state index contributed by atoms with van der Waals surface area (Å²) in [6.45, 7) is 9.64. The van der Waals surface area contributed by atoms with E-state index in [0.717, 1.165) is 29.5 Å². The Kier molecular flexibility index (Phi) is 4.93. The molecule has 0 bridgehead atoms. The van der Waals surface area contributed by atoms with Crippen molar-refractivity contribution in [3.63, 3.8) is 0 Å². The summed E-state index contributed by atoms with van der Waals surface area (Å²) in [5.41, 5.74) is 0.403. The molecule has 7 nitrogen and oxygen atoms in total. The third-order valence-corrected chi connectivity index (χ3v) is 6.52. The van der Waals surface area contributed by atoms with Gasteiger partial charge >= 0.3 is 0 Å². The van der Waals surface area contributed by atoms with Crippen molar-refractivity contribution >= 4 is 35.0 Å². The van der Waals surface area contributed by atoms with Crippen molar-refractivity contribution in [2.24, 2.45) is 0 Å². The number of carbonyl (C=O) groups is 2. The SMILES string of the molecule is CC(Sc1nnc(C(C)C)n1C1CC1)C(=O)N1c2ccccc2NC(=O)C1(C)C. The molecular formula is C21H27N5O2S. The lowest BCUT2D eigenvalue weighted by molar-refractivity contribution is -0.126. The maximum atomic E-state index is 13.5. The molecule has 4 rings (SSSR count). The Labute approximate surface area is 175 Å². The zero-order chi connectivity index (χ0) is 20.9. The Morgan fingerprint density at radius 3 is 2.55 bits per heavy atom. The highest BCUT2D eigenvalue weighted by molar-refractivity contribution is 8.00. The number of nitrogens with one attached hydrogen (secondary N) is 1. The molecule has 8 heteroatoms. The molecule has 1 N–H and O–H groups in total. The number of nitrogens with zero attached hydrogens (tertiary/aromatic N) is 4. The monoisotopic (exact) mass is 413 g/mol. The average Bonchev–Trinajstić information content (AvgIpc) is 3.42. The van der Waals surface area contributed by atoms with Gasteiger partial charge in [0, 0.05) is 12.0 Å². The molecule has 2 amide bonds. The van der Waals surface area contributed by atoms with E-state index in [1.807, 2.05) is 31.2 Å². The van der Waals surface area contributed by atoms with Gasteiger partial charge in [-0.05, 0) is 45.7 Å². The Morgan fingerprint density at radius 2 is 1.90 bits per heavy atom. The van der Waals surface area contributed by atoms with Crippen LogP contribution in [0.15, 0.2) is 29.4 Å². The van der Waals surface area contributed by atoms with Gasteiger partial charge in [-0.15, -0.1) is 10.2 Å². The summed E-state index contributed by atoms with van der Waals surface area (Å²) in [7, 11) is 0. The van der Waals surface area contributed by atoms with Gasteiger partial charge in [0.2, 0.25) is 11.8 Å². The van der Waals surface area contributed by atoms with Crippen LogP contribution in [0.4, 0.5) is 11.4 Å². The molecule has 154 valence electrons. The van der Waals surface area contributed by atoms with Crippen molar-refractivity contribution in [3.8, 4) is 0 Å². The highest BCUT2D eigenvalue weighted by atomic mass is 32.2. The number of thioether (sulfide) groups is 1. The number of anilines is 2. The number of fused-ring (bicyclic) bond motifs is 1. The first-order valence-corrected chi connectivity index (χ1v) is 11.0. The summed E-state index contributed by atoms with van der Waals surface area (Å²) in [6, 6.07) is 7.85. The summed E-state index contributed by atoms with van der Waals surface area (Å²) >= 11 is 1.42. The largest absolute Gasteiger partial charge is 0.322 e. The second-order valence-corrected chi connectivity index (χ2v) is 9.87. The molecule has 2 heterocycles. The molecule has 1 saturated carbocycles. The maximum absolute atomic E-state index is 13.5. The smallest absolute Gasteiger partial charge is 0.250 e. The topological polar surface area (TPSA) is 80.1 Å². The highest BCUT2D eigenvalue weighted by Crippen LogP contribution is 2.42. The molecule has 2 aliphatic rings. The van der Waals surface area contributed by atoms with Crippen LogP contribution < -0.4 is 10.2 Å². The molecule has 1 atom stereocenters. The van der Waals surface area contributed by atoms with Crippen molar-refractivity contribution in [3.05, 3.63) is 30.1 Å². The van der Waals surface area contributed by atoms with Gasteiger partial charge in [-0.3, -0.25) is 14.5 Å². The minimum absolute atomic E-state index is 0.112. The summed E-state index contributed by atoms with van der Waals surface area (Å²) in [4.78, 5) is 27.8. The van der Waals surface area contributed by atoms with Gasteiger partial charge in [0.05, 0.1) is 16.6 Å². The molecule has 0 spiro atoms. The molecule has 1 unspecified atom stereocenters. The Hall–Kier alpha value is -2.35. The number of rotatable bonds is 5. The van der Waals surface area contributed by atoms with Crippen molar-refractivity contribution in [1.82, 2.24) is 14.8 Å². The van der Waals surface area contributed by atoms with E-state index in [9.17, 15) is 9.59 Å². The first kappa shape index (κ1) is 19.9. The molecular weight excluding hydrogens is 386 g/mol. The summed E-state index contributed by atoms with van der Waals surface area (Å²) in [5, 5.41) is 12.0. The molecule has 1 aromatic carbocycles. The minimum atomic E-state index is -0.979. The molecule has 0 saturated heterocycles. The quantitative estimate of drug-likeness (QED) is 0.750. The zero-order valence-corrected chi connectivity index (χ0v) is 18.3. The molecule has 1 aliphatic heterocycles. The zero-order valence-electron chi connectivity index (χ0n) is 17.5. The highest BCUT2D eigenvalue weighted by Gasteiger charge is 2.45. The van der Waals surface area contributed by atoms with Gasteiger partial charge in [0.15, 0.2) is 5.16 Å². The summed E-state index contributed by atoms with van der Waals surface area (Å²) in [5.74, 6) is 0.946. The second-order valence-electron chi connectivity index (χ2n) is 8.56. The van der Waals surface area contributed by atoms with Gasteiger partial charge in [0.25, 0.3) is 0 Å². The van der Waals surface area contributed by atoms with E-state index in [0.29, 0.717) is 11.7 Å². The Balaban J connectivity index is 1.64. The normalized spacial score (nSPS) is 19.1. The lowest BCUT2D eigenvalue weighted by atomic mass is 9.96. The molecule has 1 fully saturated rings. The van der Waals surface area contributed by atoms with Crippen LogP contribution in [0, 0.1) is 0 Å². The number of hydrogen-bond donors (Lipinski definition) is 1. The van der Waals surface area contributed by atoms with Gasteiger partial charge in [-0.1, -0.05) is 37.7 Å². The number of hydrogen-bond acceptors (Lipinski definition) is 5. The Bertz CT molecular complexity index is 964. The van der Waals surface area contributed by atoms with Crippen molar-refractivity contribution in [1.29, 1.82) is 0 Å². The van der Waals surface area contributed by atoms with Crippen LogP contribution in [0.2, 0.25) is 0 Å². The Morgan fingerprint density at radius 1 is 1.21 bits per heavy atom. The number of aromatic nitrogens is 3. The van der Waals surface area contributed by atoms with Crippen LogP contribution in [-0.2, 0) is 9.59 Å². The van der Waals surface area contributed by atoms with Crippen molar-refractivity contribution in [2.45, 2.75) is 75.4 Å². The van der Waals surface area contributed by atoms with Crippen molar-refractivity contribution in [2.75, 3.05) is 10.2 Å². The van der Waals surface area contributed by atoms with Crippen LogP contribution in [-0.4, -0.2) is 37.4 Å². The third-order valence-electron chi connectivity index (χ3n) is 5.48. The summed E-state index contributed by atoms with van der Waals surface area (Å²) < 4.78 is 2.20. The number of para-hydroxylation sites is 2. The number of benzene rings is 1.